The highest BCUT2D eigenvalue weighted by molar-refractivity contribution is 5.18. The van der Waals surface area contributed by atoms with E-state index in [0.29, 0.717) is 0 Å². The van der Waals surface area contributed by atoms with Crippen molar-refractivity contribution in [2.45, 2.75) is 39.0 Å². The van der Waals surface area contributed by atoms with E-state index < -0.39 is 0 Å². The summed E-state index contributed by atoms with van der Waals surface area (Å²) in [6, 6.07) is 2.05. The lowest BCUT2D eigenvalue weighted by Crippen LogP contribution is -2.46. The van der Waals surface area contributed by atoms with Gasteiger partial charge in [-0.2, -0.15) is 5.26 Å². The van der Waals surface area contributed by atoms with Crippen molar-refractivity contribution in [1.29, 1.82) is 5.26 Å². The van der Waals surface area contributed by atoms with Gasteiger partial charge in [0.2, 0.25) is 0 Å². The van der Waals surface area contributed by atoms with Crippen LogP contribution in [0.1, 0.15) is 31.3 Å². The zero-order valence-electron chi connectivity index (χ0n) is 11.0. The zero-order valence-corrected chi connectivity index (χ0v) is 11.0. The largest absolute Gasteiger partial charge is 0.373 e. The van der Waals surface area contributed by atoms with Crippen LogP contribution in [0.5, 0.6) is 0 Å². The fraction of sp³-hybridized carbons (Fsp3) is 0.615. The fourth-order valence-corrected chi connectivity index (χ4v) is 2.34. The van der Waals surface area contributed by atoms with E-state index >= 15 is 0 Å². The average molecular weight is 246 g/mol. The van der Waals surface area contributed by atoms with Crippen molar-refractivity contribution in [2.75, 3.05) is 13.1 Å². The molecule has 0 bridgehead atoms. The number of nitrogens with zero attached hydrogens (tertiary/aromatic N) is 4. The molecule has 18 heavy (non-hydrogen) atoms. The van der Waals surface area contributed by atoms with E-state index in [0.717, 1.165) is 24.5 Å². The number of rotatable bonds is 2. The molecule has 1 fully saturated rings. The van der Waals surface area contributed by atoms with Gasteiger partial charge in [-0.1, -0.05) is 0 Å². The first-order chi connectivity index (χ1) is 8.60. The van der Waals surface area contributed by atoms with Gasteiger partial charge in [0.15, 0.2) is 0 Å². The van der Waals surface area contributed by atoms with E-state index in [2.05, 4.69) is 20.9 Å². The molecule has 0 amide bonds. The molecular formula is C13H18N4O. The lowest BCUT2D eigenvalue weighted by Gasteiger charge is -2.37. The highest BCUT2D eigenvalue weighted by atomic mass is 16.5. The summed E-state index contributed by atoms with van der Waals surface area (Å²) in [6.45, 7) is 7.42. The van der Waals surface area contributed by atoms with Gasteiger partial charge in [-0.05, 0) is 20.8 Å². The first-order valence-electron chi connectivity index (χ1n) is 6.18. The maximum Gasteiger partial charge on any atom is 0.127 e. The minimum absolute atomic E-state index is 0.149. The van der Waals surface area contributed by atoms with Crippen molar-refractivity contribution in [3.63, 3.8) is 0 Å². The van der Waals surface area contributed by atoms with Crippen molar-refractivity contribution in [3.8, 4) is 6.07 Å². The highest BCUT2D eigenvalue weighted by Gasteiger charge is 2.29. The molecule has 1 aromatic heterocycles. The van der Waals surface area contributed by atoms with Gasteiger partial charge in [0.05, 0.1) is 18.3 Å². The van der Waals surface area contributed by atoms with Crippen LogP contribution in [0.4, 0.5) is 0 Å². The minimum Gasteiger partial charge on any atom is -0.373 e. The summed E-state index contributed by atoms with van der Waals surface area (Å²) < 4.78 is 5.68. The van der Waals surface area contributed by atoms with E-state index in [4.69, 9.17) is 4.74 Å². The van der Waals surface area contributed by atoms with Crippen LogP contribution >= 0.6 is 0 Å². The Labute approximate surface area is 107 Å². The van der Waals surface area contributed by atoms with E-state index in [9.17, 15) is 5.26 Å². The van der Waals surface area contributed by atoms with Crippen molar-refractivity contribution >= 4 is 0 Å². The molecule has 0 aliphatic carbocycles. The van der Waals surface area contributed by atoms with E-state index in [-0.39, 0.29) is 18.2 Å². The Morgan fingerprint density at radius 2 is 1.89 bits per heavy atom. The van der Waals surface area contributed by atoms with Crippen LogP contribution in [0.15, 0.2) is 12.4 Å². The normalized spacial score (nSPS) is 26.6. The molecule has 5 nitrogen and oxygen atoms in total. The van der Waals surface area contributed by atoms with Gasteiger partial charge in [0.1, 0.15) is 11.9 Å². The van der Waals surface area contributed by atoms with E-state index in [1.54, 1.807) is 12.4 Å². The molecule has 96 valence electrons. The van der Waals surface area contributed by atoms with E-state index in [1.807, 2.05) is 20.8 Å². The highest BCUT2D eigenvalue weighted by Crippen LogP contribution is 2.23. The van der Waals surface area contributed by atoms with Crippen LogP contribution in [-0.2, 0) is 4.74 Å². The Kier molecular flexibility index (Phi) is 3.90. The topological polar surface area (TPSA) is 62.0 Å². The number of aryl methyl sites for hydroxylation is 1. The van der Waals surface area contributed by atoms with Gasteiger partial charge in [0.25, 0.3) is 0 Å². The summed E-state index contributed by atoms with van der Waals surface area (Å²) in [7, 11) is 0. The second kappa shape index (κ2) is 5.42. The third-order valence-electron chi connectivity index (χ3n) is 3.05. The number of hydrogen-bond donors (Lipinski definition) is 0. The number of hydrogen-bond acceptors (Lipinski definition) is 5. The molecule has 1 aromatic rings. The van der Waals surface area contributed by atoms with Gasteiger partial charge < -0.3 is 4.74 Å². The number of aromatic nitrogens is 2. The van der Waals surface area contributed by atoms with Crippen LogP contribution in [0.2, 0.25) is 0 Å². The monoisotopic (exact) mass is 246 g/mol. The molecule has 1 saturated heterocycles. The maximum absolute atomic E-state index is 9.39. The Morgan fingerprint density at radius 1 is 1.33 bits per heavy atom. The van der Waals surface area contributed by atoms with Crippen molar-refractivity contribution < 1.29 is 4.74 Å². The van der Waals surface area contributed by atoms with Crippen molar-refractivity contribution in [2.24, 2.45) is 0 Å². The molecule has 3 atom stereocenters. The molecule has 3 unspecified atom stereocenters. The zero-order chi connectivity index (χ0) is 13.1. The number of nitriles is 1. The summed E-state index contributed by atoms with van der Waals surface area (Å²) in [5.74, 6) is 0.721. The van der Waals surface area contributed by atoms with Crippen LogP contribution in [-0.4, -0.2) is 40.2 Å². The van der Waals surface area contributed by atoms with Gasteiger partial charge in [-0.15, -0.1) is 0 Å². The average Bonchev–Trinajstić information content (AvgIpc) is 2.31. The quantitative estimate of drug-likeness (QED) is 0.790. The second-order valence-electron chi connectivity index (χ2n) is 4.81. The summed E-state index contributed by atoms with van der Waals surface area (Å²) in [5.41, 5.74) is 0.851. The number of ether oxygens (including phenoxy) is 1. The summed E-state index contributed by atoms with van der Waals surface area (Å²) in [4.78, 5) is 10.5. The van der Waals surface area contributed by atoms with Gasteiger partial charge in [0, 0.05) is 31.0 Å². The molecular weight excluding hydrogens is 228 g/mol. The Bertz CT molecular complexity index is 429. The standard InChI is InChI=1S/C13H18N4O/c1-9-7-17(8-10(2)18-9)13(4-14)12-5-15-11(3)16-6-12/h5-6,9-10,13H,7-8H2,1-3H3. The second-order valence-corrected chi connectivity index (χ2v) is 4.81. The molecule has 1 aliphatic rings. The first-order valence-corrected chi connectivity index (χ1v) is 6.18. The Balaban J connectivity index is 2.18. The van der Waals surface area contributed by atoms with Crippen LogP contribution in [0.25, 0.3) is 0 Å². The molecule has 0 aromatic carbocycles. The Hall–Kier alpha value is -1.51. The minimum atomic E-state index is -0.292. The maximum atomic E-state index is 9.39. The molecule has 0 radical (unpaired) electrons. The van der Waals surface area contributed by atoms with Crippen molar-refractivity contribution in [3.05, 3.63) is 23.8 Å². The van der Waals surface area contributed by atoms with Gasteiger partial charge in [-0.3, -0.25) is 4.90 Å². The molecule has 2 heterocycles. The third-order valence-corrected chi connectivity index (χ3v) is 3.05. The number of morpholine rings is 1. The Morgan fingerprint density at radius 3 is 2.39 bits per heavy atom. The lowest BCUT2D eigenvalue weighted by molar-refractivity contribution is -0.0750. The first kappa shape index (κ1) is 12.9. The van der Waals surface area contributed by atoms with E-state index in [1.165, 1.54) is 0 Å². The van der Waals surface area contributed by atoms with Crippen molar-refractivity contribution in [1.82, 2.24) is 14.9 Å². The third kappa shape index (κ3) is 2.84. The molecule has 1 aliphatic heterocycles. The molecule has 0 saturated carbocycles. The molecule has 2 rings (SSSR count). The predicted molar refractivity (Wildman–Crippen MR) is 66.7 cm³/mol. The van der Waals surface area contributed by atoms with Crippen LogP contribution in [0.3, 0.4) is 0 Å². The summed E-state index contributed by atoms with van der Waals surface area (Å²) in [6.07, 6.45) is 3.77. The fourth-order valence-electron chi connectivity index (χ4n) is 2.34. The molecule has 5 heteroatoms. The molecule has 0 spiro atoms. The summed E-state index contributed by atoms with van der Waals surface area (Å²) >= 11 is 0. The van der Waals surface area contributed by atoms with Gasteiger partial charge in [-0.25, -0.2) is 9.97 Å². The smallest absolute Gasteiger partial charge is 0.127 e. The van der Waals surface area contributed by atoms with Crippen LogP contribution < -0.4 is 0 Å². The van der Waals surface area contributed by atoms with Crippen LogP contribution in [0, 0.1) is 18.3 Å². The lowest BCUT2D eigenvalue weighted by atomic mass is 10.1. The molecule has 0 N–H and O–H groups in total. The summed E-state index contributed by atoms with van der Waals surface area (Å²) in [5, 5.41) is 9.39. The SMILES string of the molecule is Cc1ncc(C(C#N)N2CC(C)OC(C)C2)cn1. The predicted octanol–water partition coefficient (Wildman–Crippen LogP) is 1.46. The van der Waals surface area contributed by atoms with Gasteiger partial charge >= 0.3 is 0 Å².